The number of nitrogens with two attached hydrogens (primary N) is 1. The lowest BCUT2D eigenvalue weighted by Crippen LogP contribution is -2.33. The molecule has 0 aliphatic heterocycles. The fourth-order valence-corrected chi connectivity index (χ4v) is 0.558. The first kappa shape index (κ1) is 14.4. The van der Waals surface area contributed by atoms with Crippen LogP contribution in [0.2, 0.25) is 0 Å². The van der Waals surface area contributed by atoms with Crippen LogP contribution >= 0.6 is 0 Å². The first-order valence-electron chi connectivity index (χ1n) is 4.82. The number of hydrogen-bond donors (Lipinski definition) is 1. The highest BCUT2D eigenvalue weighted by Gasteiger charge is 2.09. The van der Waals surface area contributed by atoms with Gasteiger partial charge < -0.3 is 10.5 Å². The van der Waals surface area contributed by atoms with E-state index >= 15 is 0 Å². The van der Waals surface area contributed by atoms with Crippen LogP contribution in [-0.2, 0) is 4.74 Å². The van der Waals surface area contributed by atoms with E-state index in [0.29, 0.717) is 6.10 Å². The quantitative estimate of drug-likeness (QED) is 0.712. The minimum absolute atomic E-state index is 0.0884. The van der Waals surface area contributed by atoms with Gasteiger partial charge in [0.15, 0.2) is 0 Å². The molecule has 0 radical (unpaired) electrons. The first-order chi connectivity index (χ1) is 5.42. The average molecular weight is 175 g/mol. The molecule has 0 aromatic rings. The Bertz CT molecular complexity index is 84.3. The second kappa shape index (κ2) is 7.56. The zero-order valence-electron chi connectivity index (χ0n) is 9.48. The monoisotopic (exact) mass is 175 g/mol. The van der Waals surface area contributed by atoms with E-state index in [1.807, 2.05) is 41.5 Å². The highest BCUT2D eigenvalue weighted by Crippen LogP contribution is 2.03. The molecule has 0 aliphatic rings. The van der Waals surface area contributed by atoms with E-state index in [1.165, 1.54) is 0 Å². The Balaban J connectivity index is 0. The molecule has 2 nitrogen and oxygen atoms in total. The maximum absolute atomic E-state index is 5.74. The predicted molar refractivity (Wildman–Crippen MR) is 55.3 cm³/mol. The van der Waals surface area contributed by atoms with Gasteiger partial charge in [0.1, 0.15) is 0 Å². The van der Waals surface area contributed by atoms with Gasteiger partial charge >= 0.3 is 0 Å². The summed E-state index contributed by atoms with van der Waals surface area (Å²) in [6.07, 6.45) is 1.24. The Hall–Kier alpha value is -0.0800. The molecule has 0 spiro atoms. The molecule has 0 aliphatic carbocycles. The lowest BCUT2D eigenvalue weighted by atomic mass is 10.0. The SMILES string of the molecule is CC.CC(C)OCCC(C)(C)N. The topological polar surface area (TPSA) is 35.2 Å². The summed E-state index contributed by atoms with van der Waals surface area (Å²) >= 11 is 0. The zero-order valence-corrected chi connectivity index (χ0v) is 9.48. The van der Waals surface area contributed by atoms with Gasteiger partial charge in [-0.2, -0.15) is 0 Å². The Morgan fingerprint density at radius 1 is 1.25 bits per heavy atom. The highest BCUT2D eigenvalue weighted by molar-refractivity contribution is 4.70. The van der Waals surface area contributed by atoms with Crippen molar-refractivity contribution in [1.29, 1.82) is 0 Å². The van der Waals surface area contributed by atoms with E-state index in [9.17, 15) is 0 Å². The summed E-state index contributed by atoms with van der Waals surface area (Å²) in [7, 11) is 0. The Labute approximate surface area is 77.5 Å². The third-order valence-corrected chi connectivity index (χ3v) is 1.20. The summed E-state index contributed by atoms with van der Waals surface area (Å²) in [5.74, 6) is 0. The second-order valence-corrected chi connectivity index (χ2v) is 3.66. The lowest BCUT2D eigenvalue weighted by Gasteiger charge is -2.18. The Morgan fingerprint density at radius 3 is 1.92 bits per heavy atom. The third kappa shape index (κ3) is 16.5. The van der Waals surface area contributed by atoms with Gasteiger partial charge in [0.05, 0.1) is 6.10 Å². The first-order valence-corrected chi connectivity index (χ1v) is 4.82. The van der Waals surface area contributed by atoms with Gasteiger partial charge in [0.2, 0.25) is 0 Å². The van der Waals surface area contributed by atoms with Gasteiger partial charge in [0, 0.05) is 12.1 Å². The van der Waals surface area contributed by atoms with Crippen molar-refractivity contribution in [2.75, 3.05) is 6.61 Å². The molecule has 0 heterocycles. The van der Waals surface area contributed by atoms with Crippen molar-refractivity contribution in [3.8, 4) is 0 Å². The van der Waals surface area contributed by atoms with E-state index in [4.69, 9.17) is 10.5 Å². The molecule has 0 bridgehead atoms. The van der Waals surface area contributed by atoms with E-state index in [-0.39, 0.29) is 5.54 Å². The van der Waals surface area contributed by atoms with E-state index in [1.54, 1.807) is 0 Å². The summed E-state index contributed by atoms with van der Waals surface area (Å²) in [5, 5.41) is 0. The molecule has 0 aromatic carbocycles. The van der Waals surface area contributed by atoms with Crippen LogP contribution in [0.3, 0.4) is 0 Å². The minimum atomic E-state index is -0.0884. The van der Waals surface area contributed by atoms with Crippen LogP contribution in [-0.4, -0.2) is 18.2 Å². The summed E-state index contributed by atoms with van der Waals surface area (Å²) in [6.45, 7) is 12.8. The smallest absolute Gasteiger partial charge is 0.0518 e. The fourth-order valence-electron chi connectivity index (χ4n) is 0.558. The van der Waals surface area contributed by atoms with E-state index < -0.39 is 0 Å². The molecular formula is C10H25NO. The Kier molecular flexibility index (Phi) is 9.10. The molecule has 0 unspecified atom stereocenters. The maximum atomic E-state index is 5.74. The van der Waals surface area contributed by atoms with E-state index in [2.05, 4.69) is 0 Å². The number of ether oxygens (including phenoxy) is 1. The fraction of sp³-hybridized carbons (Fsp3) is 1.00. The van der Waals surface area contributed by atoms with E-state index in [0.717, 1.165) is 13.0 Å². The molecule has 0 atom stereocenters. The summed E-state index contributed by atoms with van der Waals surface area (Å²) in [4.78, 5) is 0. The van der Waals surface area contributed by atoms with Crippen LogP contribution in [0.5, 0.6) is 0 Å². The van der Waals surface area contributed by atoms with Crippen molar-refractivity contribution in [3.63, 3.8) is 0 Å². The van der Waals surface area contributed by atoms with Gasteiger partial charge in [-0.15, -0.1) is 0 Å². The third-order valence-electron chi connectivity index (χ3n) is 1.20. The van der Waals surface area contributed by atoms with Crippen molar-refractivity contribution < 1.29 is 4.74 Å². The van der Waals surface area contributed by atoms with Crippen molar-refractivity contribution in [2.45, 2.75) is 59.6 Å². The molecule has 0 saturated carbocycles. The van der Waals surface area contributed by atoms with Gasteiger partial charge in [-0.3, -0.25) is 0 Å². The summed E-state index contributed by atoms with van der Waals surface area (Å²) in [6, 6.07) is 0. The molecule has 0 aromatic heterocycles. The van der Waals surface area contributed by atoms with Crippen LogP contribution in [0, 0.1) is 0 Å². The molecular weight excluding hydrogens is 150 g/mol. The molecule has 0 rings (SSSR count). The number of rotatable bonds is 4. The average Bonchev–Trinajstić information content (AvgIpc) is 1.88. The predicted octanol–water partition coefficient (Wildman–Crippen LogP) is 2.57. The minimum Gasteiger partial charge on any atom is -0.379 e. The molecule has 0 saturated heterocycles. The zero-order chi connectivity index (χ0) is 10.2. The summed E-state index contributed by atoms with van der Waals surface area (Å²) in [5.41, 5.74) is 5.65. The summed E-state index contributed by atoms with van der Waals surface area (Å²) < 4.78 is 5.34. The molecule has 0 amide bonds. The number of hydrogen-bond acceptors (Lipinski definition) is 2. The molecule has 76 valence electrons. The van der Waals surface area contributed by atoms with Crippen LogP contribution in [0.25, 0.3) is 0 Å². The maximum Gasteiger partial charge on any atom is 0.0518 e. The van der Waals surface area contributed by atoms with Crippen molar-refractivity contribution in [3.05, 3.63) is 0 Å². The molecule has 12 heavy (non-hydrogen) atoms. The van der Waals surface area contributed by atoms with Crippen LogP contribution in [0.4, 0.5) is 0 Å². The Morgan fingerprint density at radius 2 is 1.67 bits per heavy atom. The van der Waals surface area contributed by atoms with Crippen LogP contribution < -0.4 is 5.73 Å². The lowest BCUT2D eigenvalue weighted by molar-refractivity contribution is 0.0680. The van der Waals surface area contributed by atoms with Crippen LogP contribution in [0.15, 0.2) is 0 Å². The van der Waals surface area contributed by atoms with Crippen molar-refractivity contribution in [1.82, 2.24) is 0 Å². The van der Waals surface area contributed by atoms with Gasteiger partial charge in [-0.25, -0.2) is 0 Å². The largest absolute Gasteiger partial charge is 0.379 e. The van der Waals surface area contributed by atoms with Crippen LogP contribution in [0.1, 0.15) is 48.0 Å². The van der Waals surface area contributed by atoms with Gasteiger partial charge in [0.25, 0.3) is 0 Å². The molecule has 2 heteroatoms. The van der Waals surface area contributed by atoms with Gasteiger partial charge in [-0.1, -0.05) is 13.8 Å². The molecule has 0 fully saturated rings. The molecule has 2 N–H and O–H groups in total. The highest BCUT2D eigenvalue weighted by atomic mass is 16.5. The standard InChI is InChI=1S/C8H19NO.C2H6/c1-7(2)10-6-5-8(3,4)9;1-2/h7H,5-6,9H2,1-4H3;1-2H3. The second-order valence-electron chi connectivity index (χ2n) is 3.66. The van der Waals surface area contributed by atoms with Crippen molar-refractivity contribution >= 4 is 0 Å². The normalized spacial score (nSPS) is 11.0. The van der Waals surface area contributed by atoms with Gasteiger partial charge in [-0.05, 0) is 34.1 Å². The van der Waals surface area contributed by atoms with Crippen molar-refractivity contribution in [2.24, 2.45) is 5.73 Å².